The molecule has 1 aromatic carbocycles. The Morgan fingerprint density at radius 1 is 1.23 bits per heavy atom. The molecule has 3 aromatic rings. The fraction of sp³-hybridized carbons (Fsp3) is 0.350. The van der Waals surface area contributed by atoms with E-state index < -0.39 is 0 Å². The van der Waals surface area contributed by atoms with Gasteiger partial charge in [-0.2, -0.15) is 4.98 Å². The Morgan fingerprint density at radius 2 is 1.96 bits per heavy atom. The van der Waals surface area contributed by atoms with Crippen molar-refractivity contribution in [1.82, 2.24) is 15.0 Å². The Bertz CT molecular complexity index is 926. The van der Waals surface area contributed by atoms with E-state index in [1.165, 1.54) is 6.42 Å². The second-order valence-corrected chi connectivity index (χ2v) is 7.01. The number of aromatic nitrogens is 2. The van der Waals surface area contributed by atoms with Gasteiger partial charge < -0.3 is 13.8 Å². The molecule has 4 rings (SSSR count). The van der Waals surface area contributed by atoms with Crippen molar-refractivity contribution in [3.8, 4) is 11.5 Å². The molecule has 6 nitrogen and oxygen atoms in total. The minimum absolute atomic E-state index is 0.0593. The number of amides is 1. The van der Waals surface area contributed by atoms with Crippen LogP contribution in [0, 0.1) is 12.8 Å². The highest BCUT2D eigenvalue weighted by Gasteiger charge is 2.36. The zero-order valence-electron chi connectivity index (χ0n) is 15.1. The van der Waals surface area contributed by atoms with Crippen LogP contribution in [0.25, 0.3) is 11.5 Å². The third-order valence-corrected chi connectivity index (χ3v) is 4.80. The van der Waals surface area contributed by atoms with Gasteiger partial charge in [0.05, 0.1) is 6.54 Å². The molecule has 6 heteroatoms. The number of nitrogens with zero attached hydrogens (tertiary/aromatic N) is 3. The zero-order chi connectivity index (χ0) is 18.3. The molecule has 0 N–H and O–H groups in total. The van der Waals surface area contributed by atoms with Crippen LogP contribution in [0.15, 0.2) is 45.3 Å². The van der Waals surface area contributed by atoms with Crippen LogP contribution >= 0.6 is 0 Å². The molecule has 0 unspecified atom stereocenters. The maximum absolute atomic E-state index is 12.6. The largest absolute Gasteiger partial charge is 0.464 e. The summed E-state index contributed by atoms with van der Waals surface area (Å²) in [6, 6.07) is 11.2. The Balaban J connectivity index is 1.42. The smallest absolute Gasteiger partial charge is 0.257 e. The van der Waals surface area contributed by atoms with Crippen LogP contribution in [-0.4, -0.2) is 28.0 Å². The minimum atomic E-state index is -0.0593. The second-order valence-electron chi connectivity index (χ2n) is 7.01. The fourth-order valence-corrected chi connectivity index (χ4v) is 3.09. The lowest BCUT2D eigenvalue weighted by Crippen LogP contribution is -2.25. The van der Waals surface area contributed by atoms with Crippen LogP contribution < -0.4 is 0 Å². The van der Waals surface area contributed by atoms with Crippen LogP contribution in [0.1, 0.15) is 47.0 Å². The van der Waals surface area contributed by atoms with Gasteiger partial charge in [0, 0.05) is 24.1 Å². The highest BCUT2D eigenvalue weighted by atomic mass is 16.5. The van der Waals surface area contributed by atoms with Crippen LogP contribution in [0.2, 0.25) is 0 Å². The average Bonchev–Trinajstić information content (AvgIpc) is 3.00. The first-order valence-corrected chi connectivity index (χ1v) is 8.76. The van der Waals surface area contributed by atoms with Crippen LogP contribution in [0.3, 0.4) is 0 Å². The van der Waals surface area contributed by atoms with Crippen LogP contribution in [-0.2, 0) is 6.54 Å². The summed E-state index contributed by atoms with van der Waals surface area (Å²) in [5, 5.41) is 3.78. The molecule has 2 atom stereocenters. The minimum Gasteiger partial charge on any atom is -0.464 e. The summed E-state index contributed by atoms with van der Waals surface area (Å²) in [4.78, 5) is 18.5. The molecule has 0 saturated heterocycles. The first-order valence-electron chi connectivity index (χ1n) is 8.76. The third-order valence-electron chi connectivity index (χ3n) is 4.80. The zero-order valence-corrected chi connectivity index (χ0v) is 15.1. The van der Waals surface area contributed by atoms with Crippen molar-refractivity contribution >= 4 is 5.91 Å². The predicted molar refractivity (Wildman–Crippen MR) is 95.5 cm³/mol. The van der Waals surface area contributed by atoms with E-state index in [4.69, 9.17) is 8.94 Å². The maximum atomic E-state index is 12.6. The van der Waals surface area contributed by atoms with Gasteiger partial charge in [-0.25, -0.2) is 0 Å². The molecule has 2 aromatic heterocycles. The molecular formula is C20H21N3O3. The normalized spacial score (nSPS) is 18.7. The van der Waals surface area contributed by atoms with E-state index in [-0.39, 0.29) is 5.91 Å². The summed E-state index contributed by atoms with van der Waals surface area (Å²) in [6.45, 7) is 4.44. The molecular weight excluding hydrogens is 330 g/mol. The Kier molecular flexibility index (Phi) is 4.11. The molecule has 1 aliphatic rings. The number of carbonyl (C=O) groups excluding carboxylic acids is 1. The first-order chi connectivity index (χ1) is 12.5. The number of hydrogen-bond donors (Lipinski definition) is 0. The second kappa shape index (κ2) is 6.44. The molecule has 0 aliphatic heterocycles. The van der Waals surface area contributed by atoms with Crippen molar-refractivity contribution in [2.75, 3.05) is 7.05 Å². The molecule has 1 amide bonds. The summed E-state index contributed by atoms with van der Waals surface area (Å²) in [5.74, 6) is 4.07. The maximum Gasteiger partial charge on any atom is 0.257 e. The fourth-order valence-electron chi connectivity index (χ4n) is 3.09. The van der Waals surface area contributed by atoms with Crippen LogP contribution in [0.4, 0.5) is 0 Å². The van der Waals surface area contributed by atoms with E-state index in [0.717, 1.165) is 17.1 Å². The third kappa shape index (κ3) is 3.27. The number of furan rings is 1. The SMILES string of the molecule is Cc1noc(-c2ccc(C(=O)N(C)Cc3ccc([C@H]4C[C@H]4C)o3)cc2)n1. The summed E-state index contributed by atoms with van der Waals surface area (Å²) in [7, 11) is 1.78. The molecule has 0 spiro atoms. The molecule has 0 bridgehead atoms. The summed E-state index contributed by atoms with van der Waals surface area (Å²) >= 11 is 0. The van der Waals surface area contributed by atoms with Gasteiger partial charge in [-0.05, 0) is 55.7 Å². The van der Waals surface area contributed by atoms with Gasteiger partial charge in [0.1, 0.15) is 11.5 Å². The van der Waals surface area contributed by atoms with Gasteiger partial charge in [0.15, 0.2) is 5.82 Å². The van der Waals surface area contributed by atoms with Crippen molar-refractivity contribution in [3.63, 3.8) is 0 Å². The van der Waals surface area contributed by atoms with Crippen molar-refractivity contribution in [2.45, 2.75) is 32.7 Å². The molecule has 0 radical (unpaired) electrons. The van der Waals surface area contributed by atoms with Gasteiger partial charge in [-0.15, -0.1) is 0 Å². The highest BCUT2D eigenvalue weighted by molar-refractivity contribution is 5.94. The van der Waals surface area contributed by atoms with Crippen molar-refractivity contribution in [3.05, 3.63) is 59.3 Å². The number of carbonyl (C=O) groups is 1. The summed E-state index contributed by atoms with van der Waals surface area (Å²) in [6.07, 6.45) is 1.19. The molecule has 1 saturated carbocycles. The lowest BCUT2D eigenvalue weighted by Gasteiger charge is -2.16. The summed E-state index contributed by atoms with van der Waals surface area (Å²) in [5.41, 5.74) is 1.40. The molecule has 134 valence electrons. The van der Waals surface area contributed by atoms with E-state index in [9.17, 15) is 4.79 Å². The van der Waals surface area contributed by atoms with Gasteiger partial charge in [0.25, 0.3) is 11.8 Å². The molecule has 2 heterocycles. The lowest BCUT2D eigenvalue weighted by atomic mass is 10.1. The first kappa shape index (κ1) is 16.6. The monoisotopic (exact) mass is 351 g/mol. The standard InChI is InChI=1S/C20H21N3O3/c1-12-10-17(12)18-9-8-16(25-18)11-23(3)20(24)15-6-4-14(5-7-15)19-21-13(2)22-26-19/h4-9,12,17H,10-11H2,1-3H3/t12-,17+/m1/s1. The van der Waals surface area contributed by atoms with Crippen LogP contribution in [0.5, 0.6) is 0 Å². The number of aryl methyl sites for hydroxylation is 1. The number of benzene rings is 1. The quantitative estimate of drug-likeness (QED) is 0.694. The van der Waals surface area contributed by atoms with Gasteiger partial charge in [-0.3, -0.25) is 4.79 Å². The van der Waals surface area contributed by atoms with Gasteiger partial charge in [0.2, 0.25) is 0 Å². The van der Waals surface area contributed by atoms with Gasteiger partial charge >= 0.3 is 0 Å². The highest BCUT2D eigenvalue weighted by Crippen LogP contribution is 2.47. The lowest BCUT2D eigenvalue weighted by molar-refractivity contribution is 0.0775. The van der Waals surface area contributed by atoms with E-state index in [2.05, 4.69) is 17.1 Å². The van der Waals surface area contributed by atoms with Crippen molar-refractivity contribution < 1.29 is 13.7 Å². The molecule has 26 heavy (non-hydrogen) atoms. The Morgan fingerprint density at radius 3 is 2.58 bits per heavy atom. The Labute approximate surface area is 151 Å². The predicted octanol–water partition coefficient (Wildman–Crippen LogP) is 4.03. The topological polar surface area (TPSA) is 72.4 Å². The van der Waals surface area contributed by atoms with Gasteiger partial charge in [-0.1, -0.05) is 12.1 Å². The number of hydrogen-bond acceptors (Lipinski definition) is 5. The molecule has 1 aliphatic carbocycles. The molecule has 1 fully saturated rings. The van der Waals surface area contributed by atoms with Crippen molar-refractivity contribution in [2.24, 2.45) is 5.92 Å². The average molecular weight is 351 g/mol. The van der Waals surface area contributed by atoms with Crippen molar-refractivity contribution in [1.29, 1.82) is 0 Å². The van der Waals surface area contributed by atoms with E-state index >= 15 is 0 Å². The Hall–Kier alpha value is -2.89. The number of rotatable bonds is 5. The van der Waals surface area contributed by atoms with E-state index in [1.54, 1.807) is 31.0 Å². The van der Waals surface area contributed by atoms with E-state index in [1.807, 2.05) is 24.3 Å². The summed E-state index contributed by atoms with van der Waals surface area (Å²) < 4.78 is 11.0. The van der Waals surface area contributed by atoms with E-state index in [0.29, 0.717) is 35.7 Å².